The predicted octanol–water partition coefficient (Wildman–Crippen LogP) is 2.10. The Bertz CT molecular complexity index is 682. The maximum absolute atomic E-state index is 4.62. The van der Waals surface area contributed by atoms with Crippen molar-refractivity contribution in [1.82, 2.24) is 25.4 Å². The molecule has 1 aliphatic carbocycles. The van der Waals surface area contributed by atoms with E-state index in [1.165, 1.54) is 12.8 Å². The first-order chi connectivity index (χ1) is 11.2. The second-order valence-corrected chi connectivity index (χ2v) is 5.98. The van der Waals surface area contributed by atoms with Crippen LogP contribution >= 0.6 is 0 Å². The summed E-state index contributed by atoms with van der Waals surface area (Å²) < 4.78 is 1.86. The van der Waals surface area contributed by atoms with Crippen molar-refractivity contribution in [1.29, 1.82) is 0 Å². The molecule has 0 unspecified atom stereocenters. The fourth-order valence-electron chi connectivity index (χ4n) is 2.41. The highest BCUT2D eigenvalue weighted by Crippen LogP contribution is 2.18. The van der Waals surface area contributed by atoms with Gasteiger partial charge in [-0.05, 0) is 51.3 Å². The van der Waals surface area contributed by atoms with E-state index in [9.17, 15) is 0 Å². The summed E-state index contributed by atoms with van der Waals surface area (Å²) in [6, 6.07) is 6.69. The zero-order valence-electron chi connectivity index (χ0n) is 14.0. The van der Waals surface area contributed by atoms with Gasteiger partial charge < -0.3 is 10.6 Å². The van der Waals surface area contributed by atoms with E-state index >= 15 is 0 Å². The van der Waals surface area contributed by atoms with Crippen LogP contribution in [0.15, 0.2) is 29.4 Å². The summed E-state index contributed by atoms with van der Waals surface area (Å²) in [6.07, 6.45) is 4.35. The van der Waals surface area contributed by atoms with Gasteiger partial charge in [-0.1, -0.05) is 6.07 Å². The summed E-state index contributed by atoms with van der Waals surface area (Å²) in [5, 5.41) is 11.1. The number of aromatic nitrogens is 3. The van der Waals surface area contributed by atoms with Gasteiger partial charge in [0.1, 0.15) is 0 Å². The van der Waals surface area contributed by atoms with Crippen molar-refractivity contribution < 1.29 is 0 Å². The smallest absolute Gasteiger partial charge is 0.191 e. The van der Waals surface area contributed by atoms with Gasteiger partial charge in [-0.3, -0.25) is 0 Å². The van der Waals surface area contributed by atoms with Crippen LogP contribution in [0.2, 0.25) is 0 Å². The number of rotatable bonds is 5. The summed E-state index contributed by atoms with van der Waals surface area (Å²) in [5.41, 5.74) is 3.17. The molecule has 1 fully saturated rings. The molecule has 1 aliphatic rings. The molecule has 0 aliphatic heterocycles. The van der Waals surface area contributed by atoms with Crippen LogP contribution in [-0.4, -0.2) is 33.3 Å². The number of hydrogen-bond acceptors (Lipinski definition) is 3. The minimum absolute atomic E-state index is 0.597. The molecule has 0 atom stereocenters. The van der Waals surface area contributed by atoms with Gasteiger partial charge in [-0.2, -0.15) is 5.10 Å². The molecule has 0 bridgehead atoms. The Morgan fingerprint density at radius 2 is 2.17 bits per heavy atom. The maximum atomic E-state index is 4.62. The fraction of sp³-hybridized carbons (Fsp3) is 0.471. The van der Waals surface area contributed by atoms with Gasteiger partial charge in [0, 0.05) is 24.5 Å². The molecule has 0 saturated heterocycles. The van der Waals surface area contributed by atoms with Crippen LogP contribution < -0.4 is 10.6 Å². The zero-order chi connectivity index (χ0) is 16.2. The summed E-state index contributed by atoms with van der Waals surface area (Å²) in [6.45, 7) is 7.59. The third kappa shape index (κ3) is 4.09. The molecule has 0 aromatic carbocycles. The van der Waals surface area contributed by atoms with Crippen LogP contribution in [0.4, 0.5) is 0 Å². The minimum atomic E-state index is 0.597. The zero-order valence-corrected chi connectivity index (χ0v) is 14.0. The van der Waals surface area contributed by atoms with E-state index in [0.29, 0.717) is 12.6 Å². The minimum Gasteiger partial charge on any atom is -0.357 e. The first-order valence-electron chi connectivity index (χ1n) is 8.19. The Hall–Kier alpha value is -2.37. The van der Waals surface area contributed by atoms with E-state index in [0.717, 1.165) is 35.3 Å². The van der Waals surface area contributed by atoms with Crippen molar-refractivity contribution in [3.8, 4) is 5.82 Å². The van der Waals surface area contributed by atoms with Gasteiger partial charge in [-0.25, -0.2) is 14.7 Å². The first kappa shape index (κ1) is 15.5. The third-order valence-corrected chi connectivity index (χ3v) is 3.72. The van der Waals surface area contributed by atoms with Crippen molar-refractivity contribution in [2.45, 2.75) is 46.2 Å². The number of nitrogens with one attached hydrogen (secondary N) is 2. The second kappa shape index (κ2) is 6.81. The lowest BCUT2D eigenvalue weighted by atomic mass is 10.3. The number of hydrogen-bond donors (Lipinski definition) is 2. The molecule has 0 radical (unpaired) electrons. The molecule has 0 amide bonds. The van der Waals surface area contributed by atoms with Gasteiger partial charge in [0.25, 0.3) is 0 Å². The molecule has 1 saturated carbocycles. The van der Waals surface area contributed by atoms with Crippen LogP contribution in [0.5, 0.6) is 0 Å². The SMILES string of the molecule is CCNC(=NCc1ccc(-n2nc(C)cc2C)nc1)NC1CC1. The van der Waals surface area contributed by atoms with E-state index in [1.54, 1.807) is 0 Å². The highest BCUT2D eigenvalue weighted by molar-refractivity contribution is 5.80. The predicted molar refractivity (Wildman–Crippen MR) is 91.8 cm³/mol. The largest absolute Gasteiger partial charge is 0.357 e. The monoisotopic (exact) mass is 312 g/mol. The normalized spacial score (nSPS) is 14.8. The molecule has 2 aromatic heterocycles. The fourth-order valence-corrected chi connectivity index (χ4v) is 2.41. The molecule has 122 valence electrons. The number of guanidine groups is 1. The van der Waals surface area contributed by atoms with Crippen molar-refractivity contribution in [3.63, 3.8) is 0 Å². The van der Waals surface area contributed by atoms with Gasteiger partial charge in [-0.15, -0.1) is 0 Å². The Labute approximate surface area is 137 Å². The molecule has 0 spiro atoms. The standard InChI is InChI=1S/C17H24N6/c1-4-18-17(21-15-6-7-15)20-11-14-5-8-16(19-10-14)23-13(3)9-12(2)22-23/h5,8-10,15H,4,6-7,11H2,1-3H3,(H2,18,20,21). The van der Waals surface area contributed by atoms with E-state index in [-0.39, 0.29) is 0 Å². The molecular weight excluding hydrogens is 288 g/mol. The molecule has 2 aromatic rings. The lowest BCUT2D eigenvalue weighted by Gasteiger charge is -2.10. The average Bonchev–Trinajstić information content (AvgIpc) is 3.29. The van der Waals surface area contributed by atoms with Crippen molar-refractivity contribution >= 4 is 5.96 Å². The summed E-state index contributed by atoms with van der Waals surface area (Å²) in [5.74, 6) is 1.73. The van der Waals surface area contributed by atoms with Crippen molar-refractivity contribution in [2.24, 2.45) is 4.99 Å². The molecule has 23 heavy (non-hydrogen) atoms. The topological polar surface area (TPSA) is 67.1 Å². The van der Waals surface area contributed by atoms with Crippen molar-refractivity contribution in [2.75, 3.05) is 6.54 Å². The van der Waals surface area contributed by atoms with Crippen LogP contribution in [0.25, 0.3) is 5.82 Å². The Balaban J connectivity index is 1.67. The molecule has 2 heterocycles. The summed E-state index contributed by atoms with van der Waals surface area (Å²) in [4.78, 5) is 9.13. The van der Waals surface area contributed by atoms with Crippen molar-refractivity contribution in [3.05, 3.63) is 41.3 Å². The van der Waals surface area contributed by atoms with Crippen LogP contribution in [-0.2, 0) is 6.54 Å². The summed E-state index contributed by atoms with van der Waals surface area (Å²) >= 11 is 0. The Kier molecular flexibility index (Phi) is 4.60. The van der Waals surface area contributed by atoms with Gasteiger partial charge in [0.2, 0.25) is 0 Å². The highest BCUT2D eigenvalue weighted by atomic mass is 15.3. The second-order valence-electron chi connectivity index (χ2n) is 5.98. The Morgan fingerprint density at radius 3 is 2.74 bits per heavy atom. The van der Waals surface area contributed by atoms with Crippen LogP contribution in [0.1, 0.15) is 36.7 Å². The van der Waals surface area contributed by atoms with Crippen LogP contribution in [0, 0.1) is 13.8 Å². The molecule has 3 rings (SSSR count). The van der Waals surface area contributed by atoms with Gasteiger partial charge in [0.15, 0.2) is 11.8 Å². The molecule has 6 heteroatoms. The lowest BCUT2D eigenvalue weighted by molar-refractivity contribution is 0.799. The average molecular weight is 312 g/mol. The third-order valence-electron chi connectivity index (χ3n) is 3.72. The quantitative estimate of drug-likeness (QED) is 0.655. The molecule has 2 N–H and O–H groups in total. The Morgan fingerprint density at radius 1 is 1.35 bits per heavy atom. The summed E-state index contributed by atoms with van der Waals surface area (Å²) in [7, 11) is 0. The number of pyridine rings is 1. The van der Waals surface area contributed by atoms with Crippen LogP contribution in [0.3, 0.4) is 0 Å². The number of nitrogens with zero attached hydrogens (tertiary/aromatic N) is 4. The molecule has 6 nitrogen and oxygen atoms in total. The lowest BCUT2D eigenvalue weighted by Crippen LogP contribution is -2.38. The number of aliphatic imine (C=N–C) groups is 1. The van der Waals surface area contributed by atoms with E-state index in [2.05, 4.69) is 38.7 Å². The maximum Gasteiger partial charge on any atom is 0.191 e. The van der Waals surface area contributed by atoms with Gasteiger partial charge in [0.05, 0.1) is 12.2 Å². The van der Waals surface area contributed by atoms with Gasteiger partial charge >= 0.3 is 0 Å². The van der Waals surface area contributed by atoms with E-state index < -0.39 is 0 Å². The molecular formula is C17H24N6. The van der Waals surface area contributed by atoms with E-state index in [1.807, 2.05) is 36.9 Å². The number of aryl methyl sites for hydroxylation is 2. The van der Waals surface area contributed by atoms with E-state index in [4.69, 9.17) is 0 Å². The highest BCUT2D eigenvalue weighted by Gasteiger charge is 2.22. The first-order valence-corrected chi connectivity index (χ1v) is 8.19.